The van der Waals surface area contributed by atoms with Gasteiger partial charge in [-0.25, -0.2) is 8.10 Å². The van der Waals surface area contributed by atoms with Gasteiger partial charge in [-0.15, -0.1) is 0 Å². The number of pyridine rings is 1. The van der Waals surface area contributed by atoms with E-state index in [2.05, 4.69) is 65.7 Å². The van der Waals surface area contributed by atoms with Gasteiger partial charge in [0.05, 0.1) is 12.2 Å². The second-order valence-corrected chi connectivity index (χ2v) is 4.99. The van der Waals surface area contributed by atoms with E-state index in [4.69, 9.17) is 0 Å². The molecule has 1 aromatic heterocycles. The van der Waals surface area contributed by atoms with Crippen LogP contribution in [-0.4, -0.2) is 8.10 Å². The minimum atomic E-state index is 0.993. The molecule has 1 aliphatic heterocycles. The van der Waals surface area contributed by atoms with E-state index in [1.807, 2.05) is 0 Å². The predicted molar refractivity (Wildman–Crippen MR) is 60.2 cm³/mol. The maximum atomic E-state index is 4.44. The Kier molecular flexibility index (Phi) is 2.33. The lowest BCUT2D eigenvalue weighted by Crippen LogP contribution is -1.98. The highest BCUT2D eigenvalue weighted by Gasteiger charge is 2.17. The second kappa shape index (κ2) is 3.14. The van der Waals surface area contributed by atoms with Crippen molar-refractivity contribution in [1.82, 2.24) is 8.10 Å². The Hall–Kier alpha value is 0.570. The molecule has 1 aliphatic rings. The Bertz CT molecular complexity index is 288. The Balaban J connectivity index is 2.43. The number of hydrogen-bond donors (Lipinski definition) is 0. The number of fused-ring (bicyclic) bond motifs is 1. The van der Waals surface area contributed by atoms with Crippen LogP contribution in [0.3, 0.4) is 0 Å². The quantitative estimate of drug-likeness (QED) is 0.395. The molecule has 11 heavy (non-hydrogen) atoms. The van der Waals surface area contributed by atoms with Crippen molar-refractivity contribution < 1.29 is 0 Å². The summed E-state index contributed by atoms with van der Waals surface area (Å²) in [7, 11) is 0. The van der Waals surface area contributed by atoms with Crippen molar-refractivity contribution in [2.45, 2.75) is 13.1 Å². The molecule has 4 heteroatoms. The Labute approximate surface area is 93.0 Å². The summed E-state index contributed by atoms with van der Waals surface area (Å²) in [5.41, 5.74) is 2.62. The molecule has 58 valence electrons. The Morgan fingerprint density at radius 1 is 1.36 bits per heavy atom. The maximum Gasteiger partial charge on any atom is 0.101 e. The smallest absolute Gasteiger partial charge is 0.101 e. The van der Waals surface area contributed by atoms with Gasteiger partial charge in [0, 0.05) is 29.4 Å². The molecule has 0 spiro atoms. The van der Waals surface area contributed by atoms with Gasteiger partial charge in [0.1, 0.15) is 3.70 Å². The summed E-state index contributed by atoms with van der Waals surface area (Å²) in [6, 6.07) is 4.23. The van der Waals surface area contributed by atoms with Gasteiger partial charge < -0.3 is 0 Å². The van der Waals surface area contributed by atoms with E-state index in [9.17, 15) is 0 Å². The third-order valence-electron chi connectivity index (χ3n) is 1.70. The molecular weight excluding hydrogens is 366 g/mol. The van der Waals surface area contributed by atoms with Crippen LogP contribution in [0, 0.1) is 3.70 Å². The minimum Gasteiger partial charge on any atom is -0.245 e. The van der Waals surface area contributed by atoms with Crippen molar-refractivity contribution >= 4 is 45.5 Å². The van der Waals surface area contributed by atoms with E-state index in [0.29, 0.717) is 0 Å². The van der Waals surface area contributed by atoms with Crippen molar-refractivity contribution in [2.24, 2.45) is 0 Å². The molecular formula is C7H6I2N2. The lowest BCUT2D eigenvalue weighted by Gasteiger charge is -1.98. The van der Waals surface area contributed by atoms with E-state index in [1.165, 1.54) is 11.3 Å². The lowest BCUT2D eigenvalue weighted by atomic mass is 10.2. The van der Waals surface area contributed by atoms with Crippen LogP contribution < -0.4 is 0 Å². The number of nitrogens with zero attached hydrogens (tertiary/aromatic N) is 2. The van der Waals surface area contributed by atoms with Crippen molar-refractivity contribution in [2.75, 3.05) is 0 Å². The molecule has 0 bridgehead atoms. The van der Waals surface area contributed by atoms with Crippen LogP contribution in [0.25, 0.3) is 0 Å². The van der Waals surface area contributed by atoms with Crippen LogP contribution >= 0.6 is 45.5 Å². The highest BCUT2D eigenvalue weighted by atomic mass is 127. The summed E-state index contributed by atoms with van der Waals surface area (Å²) in [6.07, 6.45) is 0. The highest BCUT2D eigenvalue weighted by Crippen LogP contribution is 2.24. The minimum absolute atomic E-state index is 0.993. The van der Waals surface area contributed by atoms with Gasteiger partial charge in [0.25, 0.3) is 0 Å². The zero-order valence-corrected chi connectivity index (χ0v) is 10.0. The first-order valence-electron chi connectivity index (χ1n) is 3.31. The summed E-state index contributed by atoms with van der Waals surface area (Å²) in [5.74, 6) is 0. The van der Waals surface area contributed by atoms with Crippen LogP contribution in [0.2, 0.25) is 0 Å². The van der Waals surface area contributed by atoms with E-state index in [0.717, 1.165) is 16.8 Å². The molecule has 2 nitrogen and oxygen atoms in total. The van der Waals surface area contributed by atoms with Gasteiger partial charge in [0.2, 0.25) is 0 Å². The monoisotopic (exact) mass is 372 g/mol. The molecule has 0 saturated carbocycles. The predicted octanol–water partition coefficient (Wildman–Crippen LogP) is 2.35. The first-order chi connectivity index (χ1) is 5.25. The zero-order valence-electron chi connectivity index (χ0n) is 5.72. The molecule has 2 rings (SSSR count). The third kappa shape index (κ3) is 1.67. The number of halogens is 2. The molecule has 1 aromatic rings. The van der Waals surface area contributed by atoms with Crippen molar-refractivity contribution in [3.63, 3.8) is 0 Å². The number of aromatic nitrogens is 1. The van der Waals surface area contributed by atoms with E-state index < -0.39 is 0 Å². The summed E-state index contributed by atoms with van der Waals surface area (Å²) in [4.78, 5) is 4.44. The van der Waals surface area contributed by atoms with E-state index >= 15 is 0 Å². The summed E-state index contributed by atoms with van der Waals surface area (Å²) >= 11 is 4.58. The van der Waals surface area contributed by atoms with Gasteiger partial charge >= 0.3 is 0 Å². The van der Waals surface area contributed by atoms with Gasteiger partial charge in [-0.2, -0.15) is 0 Å². The summed E-state index contributed by atoms with van der Waals surface area (Å²) in [5, 5.41) is 0. The average Bonchev–Trinajstić information content (AvgIpc) is 2.27. The van der Waals surface area contributed by atoms with Crippen LogP contribution in [0.5, 0.6) is 0 Å². The molecule has 0 N–H and O–H groups in total. The number of hydrogen-bond acceptors (Lipinski definition) is 2. The molecule has 0 saturated heterocycles. The normalized spacial score (nSPS) is 16.9. The van der Waals surface area contributed by atoms with E-state index in [1.54, 1.807) is 0 Å². The molecule has 0 amide bonds. The summed E-state index contributed by atoms with van der Waals surface area (Å²) in [6.45, 7) is 2.03. The van der Waals surface area contributed by atoms with Crippen molar-refractivity contribution in [3.8, 4) is 0 Å². The SMILES string of the molecule is Ic1ccc2c(n1)CN(I)C2. The molecule has 2 heterocycles. The van der Waals surface area contributed by atoms with Crippen LogP contribution in [0.15, 0.2) is 12.1 Å². The van der Waals surface area contributed by atoms with Crippen molar-refractivity contribution in [3.05, 3.63) is 27.1 Å². The van der Waals surface area contributed by atoms with E-state index in [-0.39, 0.29) is 0 Å². The number of rotatable bonds is 0. The Morgan fingerprint density at radius 3 is 3.00 bits per heavy atom. The summed E-state index contributed by atoms with van der Waals surface area (Å²) < 4.78 is 3.33. The molecule has 0 radical (unpaired) electrons. The van der Waals surface area contributed by atoms with Crippen LogP contribution in [0.1, 0.15) is 11.3 Å². The van der Waals surface area contributed by atoms with Crippen molar-refractivity contribution in [1.29, 1.82) is 0 Å². The molecule has 0 aliphatic carbocycles. The molecule has 0 unspecified atom stereocenters. The molecule has 0 fully saturated rings. The third-order valence-corrected chi connectivity index (χ3v) is 2.98. The second-order valence-electron chi connectivity index (χ2n) is 2.52. The zero-order chi connectivity index (χ0) is 7.84. The first kappa shape index (κ1) is 8.18. The van der Waals surface area contributed by atoms with Crippen LogP contribution in [-0.2, 0) is 13.1 Å². The lowest BCUT2D eigenvalue weighted by molar-refractivity contribution is 0.550. The fraction of sp³-hybridized carbons (Fsp3) is 0.286. The fourth-order valence-electron chi connectivity index (χ4n) is 1.19. The van der Waals surface area contributed by atoms with Gasteiger partial charge in [-0.3, -0.25) is 0 Å². The molecule has 0 atom stereocenters. The standard InChI is InChI=1S/C7H6I2N2/c8-7-2-1-5-3-11(9)4-6(5)10-7/h1-2H,3-4H2. The first-order valence-corrected chi connectivity index (χ1v) is 5.35. The fourth-order valence-corrected chi connectivity index (χ4v) is 2.35. The van der Waals surface area contributed by atoms with Gasteiger partial charge in [-0.1, -0.05) is 6.07 Å². The van der Waals surface area contributed by atoms with Gasteiger partial charge in [0.15, 0.2) is 0 Å². The maximum absolute atomic E-state index is 4.44. The average molecular weight is 372 g/mol. The largest absolute Gasteiger partial charge is 0.245 e. The Morgan fingerprint density at radius 2 is 2.18 bits per heavy atom. The highest BCUT2D eigenvalue weighted by molar-refractivity contribution is 14.1. The van der Waals surface area contributed by atoms with Crippen LogP contribution in [0.4, 0.5) is 0 Å². The molecule has 0 aromatic carbocycles. The van der Waals surface area contributed by atoms with Gasteiger partial charge in [-0.05, 0) is 34.2 Å². The topological polar surface area (TPSA) is 16.1 Å².